The molecule has 3 heterocycles. The highest BCUT2D eigenvalue weighted by Crippen LogP contribution is 2.33. The summed E-state index contributed by atoms with van der Waals surface area (Å²) >= 11 is 3.33. The van der Waals surface area contributed by atoms with Crippen molar-refractivity contribution in [1.82, 2.24) is 19.7 Å². The number of aromatic nitrogens is 3. The zero-order valence-electron chi connectivity index (χ0n) is 18.9. The number of hydrogen-bond donors (Lipinski definition) is 0. The first-order valence-corrected chi connectivity index (χ1v) is 13.8. The van der Waals surface area contributed by atoms with Crippen molar-refractivity contribution in [3.63, 3.8) is 0 Å². The molecule has 1 saturated carbocycles. The third kappa shape index (κ3) is 5.44. The Hall–Kier alpha value is -2.32. The number of hydrogen-bond acceptors (Lipinski definition) is 6. The summed E-state index contributed by atoms with van der Waals surface area (Å²) in [5, 5.41) is 12.1. The topological polar surface area (TPSA) is 54.3 Å². The van der Waals surface area contributed by atoms with E-state index in [1.807, 2.05) is 11.0 Å². The summed E-state index contributed by atoms with van der Waals surface area (Å²) in [5.74, 6) is 1.66. The number of benzene rings is 1. The average Bonchev–Trinajstić information content (AvgIpc) is 3.54. The molecule has 174 valence electrons. The van der Waals surface area contributed by atoms with E-state index in [4.69, 9.17) is 0 Å². The number of thioether (sulfide) groups is 1. The number of rotatable bonds is 7. The Kier molecular flexibility index (Phi) is 7.31. The molecule has 1 aliphatic carbocycles. The van der Waals surface area contributed by atoms with Gasteiger partial charge in [0, 0.05) is 49.2 Å². The van der Waals surface area contributed by atoms with Gasteiger partial charge in [0.15, 0.2) is 5.16 Å². The fraction of sp³-hybridized carbons (Fsp3) is 0.480. The molecule has 2 fully saturated rings. The van der Waals surface area contributed by atoms with Gasteiger partial charge in [-0.1, -0.05) is 55.3 Å². The van der Waals surface area contributed by atoms with E-state index >= 15 is 0 Å². The Morgan fingerprint density at radius 3 is 2.48 bits per heavy atom. The lowest BCUT2D eigenvalue weighted by molar-refractivity contribution is -0.128. The molecule has 1 aliphatic heterocycles. The Bertz CT molecular complexity index is 1020. The van der Waals surface area contributed by atoms with E-state index < -0.39 is 0 Å². The van der Waals surface area contributed by atoms with Gasteiger partial charge in [0.05, 0.1) is 5.75 Å². The van der Waals surface area contributed by atoms with Crippen LogP contribution in [-0.2, 0) is 11.2 Å². The van der Waals surface area contributed by atoms with Crippen molar-refractivity contribution in [2.75, 3.05) is 36.8 Å². The van der Waals surface area contributed by atoms with Gasteiger partial charge in [-0.25, -0.2) is 0 Å². The van der Waals surface area contributed by atoms with Gasteiger partial charge in [-0.15, -0.1) is 21.5 Å². The molecule has 0 radical (unpaired) electrons. The zero-order valence-corrected chi connectivity index (χ0v) is 20.6. The molecule has 2 aliphatic rings. The Balaban J connectivity index is 1.22. The summed E-state index contributed by atoms with van der Waals surface area (Å²) in [7, 11) is 0. The van der Waals surface area contributed by atoms with Crippen LogP contribution in [-0.4, -0.2) is 57.5 Å². The van der Waals surface area contributed by atoms with E-state index in [-0.39, 0.29) is 5.91 Å². The van der Waals surface area contributed by atoms with Crippen LogP contribution in [0.3, 0.4) is 0 Å². The van der Waals surface area contributed by atoms with Crippen LogP contribution in [0.2, 0.25) is 0 Å². The molecule has 33 heavy (non-hydrogen) atoms. The van der Waals surface area contributed by atoms with Gasteiger partial charge >= 0.3 is 0 Å². The molecule has 1 aromatic carbocycles. The minimum atomic E-state index is 0.200. The van der Waals surface area contributed by atoms with Gasteiger partial charge in [-0.05, 0) is 36.4 Å². The van der Waals surface area contributed by atoms with Crippen LogP contribution in [0.4, 0.5) is 5.69 Å². The molecule has 1 saturated heterocycles. The highest BCUT2D eigenvalue weighted by molar-refractivity contribution is 7.99. The molecular weight excluding hydrogens is 450 g/mol. The van der Waals surface area contributed by atoms with Gasteiger partial charge in [0.2, 0.25) is 5.91 Å². The Morgan fingerprint density at radius 2 is 1.76 bits per heavy atom. The molecule has 6 nitrogen and oxygen atoms in total. The van der Waals surface area contributed by atoms with Gasteiger partial charge in [-0.3, -0.25) is 4.79 Å². The molecule has 0 bridgehead atoms. The predicted molar refractivity (Wildman–Crippen MR) is 135 cm³/mol. The molecule has 0 spiro atoms. The normalized spacial score (nSPS) is 17.5. The molecular formula is C25H31N5OS2. The second-order valence-corrected chi connectivity index (χ2v) is 10.8. The van der Waals surface area contributed by atoms with Gasteiger partial charge < -0.3 is 14.4 Å². The summed E-state index contributed by atoms with van der Waals surface area (Å²) in [6, 6.07) is 15.2. The van der Waals surface area contributed by atoms with E-state index in [1.54, 1.807) is 23.1 Å². The third-order valence-electron chi connectivity index (χ3n) is 6.67. The predicted octanol–water partition coefficient (Wildman–Crippen LogP) is 4.88. The number of para-hydroxylation sites is 1. The number of amides is 1. The SMILES string of the molecule is O=C(CSc1nnc(Cc2cccs2)n1C1CCCCC1)N1CCN(c2ccccc2)CC1. The monoisotopic (exact) mass is 481 g/mol. The van der Waals surface area contributed by atoms with Crippen molar-refractivity contribution in [1.29, 1.82) is 0 Å². The summed E-state index contributed by atoms with van der Waals surface area (Å²) in [4.78, 5) is 18.7. The number of carbonyl (C=O) groups is 1. The molecule has 0 atom stereocenters. The lowest BCUT2D eigenvalue weighted by Gasteiger charge is -2.36. The lowest BCUT2D eigenvalue weighted by Crippen LogP contribution is -2.49. The first kappa shape index (κ1) is 22.5. The van der Waals surface area contributed by atoms with Crippen LogP contribution in [0.25, 0.3) is 0 Å². The molecule has 2 aromatic heterocycles. The molecule has 8 heteroatoms. The van der Waals surface area contributed by atoms with E-state index in [1.165, 1.54) is 42.7 Å². The van der Waals surface area contributed by atoms with Crippen LogP contribution < -0.4 is 4.90 Å². The van der Waals surface area contributed by atoms with Crippen LogP contribution in [0.1, 0.15) is 48.8 Å². The fourth-order valence-corrected chi connectivity index (χ4v) is 6.50. The molecule has 1 amide bonds. The lowest BCUT2D eigenvalue weighted by atomic mass is 9.95. The van der Waals surface area contributed by atoms with Crippen molar-refractivity contribution in [2.45, 2.75) is 49.7 Å². The number of carbonyl (C=O) groups excluding carboxylic acids is 1. The second-order valence-electron chi connectivity index (χ2n) is 8.81. The van der Waals surface area contributed by atoms with Crippen LogP contribution in [0, 0.1) is 0 Å². The second kappa shape index (κ2) is 10.7. The molecule has 0 unspecified atom stereocenters. The highest BCUT2D eigenvalue weighted by atomic mass is 32.2. The van der Waals surface area contributed by atoms with Gasteiger partial charge in [0.1, 0.15) is 5.82 Å². The van der Waals surface area contributed by atoms with Crippen LogP contribution >= 0.6 is 23.1 Å². The van der Waals surface area contributed by atoms with Crippen molar-refractivity contribution in [3.8, 4) is 0 Å². The molecule has 5 rings (SSSR count). The van der Waals surface area contributed by atoms with E-state index in [2.05, 4.69) is 61.4 Å². The largest absolute Gasteiger partial charge is 0.368 e. The first-order valence-electron chi connectivity index (χ1n) is 11.9. The number of nitrogens with zero attached hydrogens (tertiary/aromatic N) is 5. The smallest absolute Gasteiger partial charge is 0.233 e. The van der Waals surface area contributed by atoms with Crippen molar-refractivity contribution in [3.05, 3.63) is 58.5 Å². The summed E-state index contributed by atoms with van der Waals surface area (Å²) in [5.41, 5.74) is 1.23. The fourth-order valence-electron chi connectivity index (χ4n) is 4.87. The van der Waals surface area contributed by atoms with Crippen molar-refractivity contribution >= 4 is 34.7 Å². The average molecular weight is 482 g/mol. The standard InChI is InChI=1S/C25H31N5OS2/c31-24(29-15-13-28(14-16-29)20-8-3-1-4-9-20)19-33-25-27-26-23(18-22-12-7-17-32-22)30(25)21-10-5-2-6-11-21/h1,3-4,7-9,12,17,21H,2,5-6,10-11,13-16,18-19H2. The van der Waals surface area contributed by atoms with E-state index in [0.29, 0.717) is 11.8 Å². The quantitative estimate of drug-likeness (QED) is 0.451. The molecule has 3 aromatic rings. The van der Waals surface area contributed by atoms with E-state index in [0.717, 1.165) is 43.6 Å². The number of thiophene rings is 1. The summed E-state index contributed by atoms with van der Waals surface area (Å²) in [6.07, 6.45) is 7.01. The first-order chi connectivity index (χ1) is 16.3. The van der Waals surface area contributed by atoms with Crippen molar-refractivity contribution < 1.29 is 4.79 Å². The minimum absolute atomic E-state index is 0.200. The zero-order chi connectivity index (χ0) is 22.5. The maximum atomic E-state index is 13.0. The maximum Gasteiger partial charge on any atom is 0.233 e. The Labute approximate surface area is 204 Å². The van der Waals surface area contributed by atoms with Crippen LogP contribution in [0.5, 0.6) is 0 Å². The maximum absolute atomic E-state index is 13.0. The van der Waals surface area contributed by atoms with Crippen LogP contribution in [0.15, 0.2) is 53.0 Å². The Morgan fingerprint density at radius 1 is 0.970 bits per heavy atom. The third-order valence-corrected chi connectivity index (χ3v) is 8.47. The van der Waals surface area contributed by atoms with Gasteiger partial charge in [-0.2, -0.15) is 0 Å². The van der Waals surface area contributed by atoms with Crippen molar-refractivity contribution in [2.24, 2.45) is 0 Å². The number of piperazine rings is 1. The molecule has 0 N–H and O–H groups in total. The summed E-state index contributed by atoms with van der Waals surface area (Å²) in [6.45, 7) is 3.30. The minimum Gasteiger partial charge on any atom is -0.368 e. The van der Waals surface area contributed by atoms with Gasteiger partial charge in [0.25, 0.3) is 0 Å². The highest BCUT2D eigenvalue weighted by Gasteiger charge is 2.26. The summed E-state index contributed by atoms with van der Waals surface area (Å²) < 4.78 is 2.35. The van der Waals surface area contributed by atoms with E-state index in [9.17, 15) is 4.79 Å². The number of anilines is 1.